The van der Waals surface area contributed by atoms with Crippen molar-refractivity contribution < 1.29 is 13.2 Å². The van der Waals surface area contributed by atoms with Crippen LogP contribution in [0.2, 0.25) is 0 Å². The summed E-state index contributed by atoms with van der Waals surface area (Å²) in [5.74, 6) is -1.58. The number of rotatable bonds is 6. The molecule has 3 N–H and O–H groups in total. The van der Waals surface area contributed by atoms with Gasteiger partial charge in [0.15, 0.2) is 9.84 Å². The van der Waals surface area contributed by atoms with Crippen LogP contribution in [0, 0.1) is 6.92 Å². The molecule has 0 saturated carbocycles. The molecule has 5 nitrogen and oxygen atoms in total. The molecule has 0 aliphatic carbocycles. The Balaban J connectivity index is 2.93. The Morgan fingerprint density at radius 2 is 2.00 bits per heavy atom. The van der Waals surface area contributed by atoms with Gasteiger partial charge in [-0.2, -0.15) is 0 Å². The second kappa shape index (κ2) is 5.97. The number of hydrogen-bond donors (Lipinski definition) is 2. The van der Waals surface area contributed by atoms with Crippen molar-refractivity contribution in [3.63, 3.8) is 0 Å². The molecule has 18 heavy (non-hydrogen) atoms. The lowest BCUT2D eigenvalue weighted by Gasteiger charge is -2.18. The third-order valence-electron chi connectivity index (χ3n) is 2.70. The van der Waals surface area contributed by atoms with Crippen LogP contribution in [0.4, 0.5) is 0 Å². The van der Waals surface area contributed by atoms with E-state index in [1.165, 1.54) is 0 Å². The molecule has 6 heteroatoms. The molecule has 0 spiro atoms. The number of amides is 1. The van der Waals surface area contributed by atoms with Crippen LogP contribution in [-0.2, 0) is 14.6 Å². The average Bonchev–Trinajstić information content (AvgIpc) is 2.25. The van der Waals surface area contributed by atoms with Gasteiger partial charge in [-0.05, 0) is 25.1 Å². The first-order valence-corrected chi connectivity index (χ1v) is 7.39. The van der Waals surface area contributed by atoms with Gasteiger partial charge in [0.1, 0.15) is 5.75 Å². The number of nitrogens with one attached hydrogen (secondary N) is 1. The molecule has 0 fully saturated rings. The number of nitrogens with two attached hydrogens (primary N) is 1. The van der Waals surface area contributed by atoms with Crippen molar-refractivity contribution in [3.8, 4) is 0 Å². The van der Waals surface area contributed by atoms with Gasteiger partial charge in [-0.25, -0.2) is 8.42 Å². The number of hydrogen-bond acceptors (Lipinski definition) is 4. The van der Waals surface area contributed by atoms with E-state index in [-0.39, 0.29) is 11.8 Å². The van der Waals surface area contributed by atoms with Crippen molar-refractivity contribution in [1.82, 2.24) is 5.32 Å². The van der Waals surface area contributed by atoms with Crippen LogP contribution < -0.4 is 11.1 Å². The Kier molecular flexibility index (Phi) is 4.86. The molecule has 0 aromatic heterocycles. The van der Waals surface area contributed by atoms with Crippen LogP contribution in [0.25, 0.3) is 0 Å². The van der Waals surface area contributed by atoms with Gasteiger partial charge in [0.25, 0.3) is 0 Å². The molecule has 1 amide bonds. The number of benzene rings is 1. The van der Waals surface area contributed by atoms with Gasteiger partial charge in [-0.3, -0.25) is 4.79 Å². The largest absolute Gasteiger partial charge is 0.369 e. The van der Waals surface area contributed by atoms with Crippen LogP contribution >= 0.6 is 0 Å². The summed E-state index contributed by atoms with van der Waals surface area (Å²) >= 11 is 0. The first-order chi connectivity index (χ1) is 8.35. The first kappa shape index (κ1) is 14.7. The molecule has 1 atom stereocenters. The zero-order chi connectivity index (χ0) is 13.8. The Bertz CT molecular complexity index is 526. The monoisotopic (exact) mass is 270 g/mol. The van der Waals surface area contributed by atoms with E-state index in [1.807, 2.05) is 31.2 Å². The smallest absolute Gasteiger partial charge is 0.232 e. The fourth-order valence-corrected chi connectivity index (χ4v) is 3.24. The van der Waals surface area contributed by atoms with Gasteiger partial charge < -0.3 is 11.1 Å². The van der Waals surface area contributed by atoms with Crippen molar-refractivity contribution >= 4 is 15.7 Å². The van der Waals surface area contributed by atoms with Gasteiger partial charge >= 0.3 is 0 Å². The summed E-state index contributed by atoms with van der Waals surface area (Å²) < 4.78 is 23.5. The summed E-state index contributed by atoms with van der Waals surface area (Å²) in [6.45, 7) is 1.92. The maximum atomic E-state index is 11.8. The number of sulfone groups is 1. The summed E-state index contributed by atoms with van der Waals surface area (Å²) in [6.07, 6.45) is 0. The Labute approximate surface area is 107 Å². The molecular formula is C12H18N2O3S. The fourth-order valence-electron chi connectivity index (χ4n) is 1.84. The SMILES string of the molecule is CNC(CS(=O)(=O)CC(N)=O)c1ccccc1C. The lowest BCUT2D eigenvalue weighted by molar-refractivity contribution is -0.115. The minimum Gasteiger partial charge on any atom is -0.369 e. The van der Waals surface area contributed by atoms with E-state index in [9.17, 15) is 13.2 Å². The summed E-state index contributed by atoms with van der Waals surface area (Å²) in [5.41, 5.74) is 6.84. The van der Waals surface area contributed by atoms with E-state index in [1.54, 1.807) is 7.05 Å². The third-order valence-corrected chi connectivity index (χ3v) is 4.26. The Morgan fingerprint density at radius 1 is 1.39 bits per heavy atom. The lowest BCUT2D eigenvalue weighted by atomic mass is 10.0. The minimum atomic E-state index is -3.49. The van der Waals surface area contributed by atoms with Crippen molar-refractivity contribution in [2.75, 3.05) is 18.6 Å². The Morgan fingerprint density at radius 3 is 2.50 bits per heavy atom. The van der Waals surface area contributed by atoms with Crippen LogP contribution in [0.1, 0.15) is 17.2 Å². The van der Waals surface area contributed by atoms with Crippen molar-refractivity contribution in [2.24, 2.45) is 5.73 Å². The topological polar surface area (TPSA) is 89.3 Å². The normalized spacial score (nSPS) is 13.2. The summed E-state index contributed by atoms with van der Waals surface area (Å²) in [6, 6.07) is 7.20. The van der Waals surface area contributed by atoms with Crippen LogP contribution in [0.5, 0.6) is 0 Å². The van der Waals surface area contributed by atoms with Crippen LogP contribution in [0.15, 0.2) is 24.3 Å². The van der Waals surface area contributed by atoms with Gasteiger partial charge in [0, 0.05) is 6.04 Å². The molecule has 1 aromatic rings. The number of carbonyl (C=O) groups excluding carboxylic acids is 1. The standard InChI is InChI=1S/C12H18N2O3S/c1-9-5-3-4-6-10(9)11(14-2)7-18(16,17)8-12(13)15/h3-6,11,14H,7-8H2,1-2H3,(H2,13,15). The van der Waals surface area contributed by atoms with Crippen molar-refractivity contribution in [3.05, 3.63) is 35.4 Å². The highest BCUT2D eigenvalue weighted by Gasteiger charge is 2.22. The highest BCUT2D eigenvalue weighted by Crippen LogP contribution is 2.18. The predicted octanol–water partition coefficient (Wildman–Crippen LogP) is 0.156. The maximum absolute atomic E-state index is 11.8. The zero-order valence-corrected chi connectivity index (χ0v) is 11.3. The molecule has 100 valence electrons. The van der Waals surface area contributed by atoms with E-state index < -0.39 is 21.5 Å². The summed E-state index contributed by atoms with van der Waals surface area (Å²) in [7, 11) is -1.80. The van der Waals surface area contributed by atoms with E-state index in [2.05, 4.69) is 5.32 Å². The molecule has 0 radical (unpaired) electrons. The number of carbonyl (C=O) groups is 1. The molecule has 1 aromatic carbocycles. The second-order valence-corrected chi connectivity index (χ2v) is 6.33. The van der Waals surface area contributed by atoms with Crippen LogP contribution in [0.3, 0.4) is 0 Å². The van der Waals surface area contributed by atoms with Gasteiger partial charge in [0.05, 0.1) is 5.75 Å². The average molecular weight is 270 g/mol. The minimum absolute atomic E-state index is 0.142. The van der Waals surface area contributed by atoms with Gasteiger partial charge in [-0.1, -0.05) is 24.3 Å². The molecule has 0 bridgehead atoms. The molecule has 0 saturated heterocycles. The fraction of sp³-hybridized carbons (Fsp3) is 0.417. The quantitative estimate of drug-likeness (QED) is 0.770. The highest BCUT2D eigenvalue weighted by atomic mass is 32.2. The number of aryl methyl sites for hydroxylation is 1. The second-order valence-electron chi connectivity index (χ2n) is 4.22. The van der Waals surface area contributed by atoms with E-state index in [4.69, 9.17) is 5.73 Å². The summed E-state index contributed by atoms with van der Waals surface area (Å²) in [5, 5.41) is 2.96. The van der Waals surface area contributed by atoms with Crippen LogP contribution in [-0.4, -0.2) is 32.9 Å². The molecule has 0 aliphatic rings. The Hall–Kier alpha value is -1.40. The molecule has 1 rings (SSSR count). The van der Waals surface area contributed by atoms with E-state index >= 15 is 0 Å². The van der Waals surface area contributed by atoms with Crippen molar-refractivity contribution in [1.29, 1.82) is 0 Å². The van der Waals surface area contributed by atoms with E-state index in [0.717, 1.165) is 11.1 Å². The number of primary amides is 1. The van der Waals surface area contributed by atoms with E-state index in [0.29, 0.717) is 0 Å². The van der Waals surface area contributed by atoms with Gasteiger partial charge in [-0.15, -0.1) is 0 Å². The molecule has 0 heterocycles. The van der Waals surface area contributed by atoms with Gasteiger partial charge in [0.2, 0.25) is 5.91 Å². The zero-order valence-electron chi connectivity index (χ0n) is 10.5. The van der Waals surface area contributed by atoms with Crippen molar-refractivity contribution in [2.45, 2.75) is 13.0 Å². The molecule has 0 aliphatic heterocycles. The highest BCUT2D eigenvalue weighted by molar-refractivity contribution is 7.92. The maximum Gasteiger partial charge on any atom is 0.232 e. The first-order valence-electron chi connectivity index (χ1n) is 5.57. The lowest BCUT2D eigenvalue weighted by Crippen LogP contribution is -2.31. The predicted molar refractivity (Wildman–Crippen MR) is 70.8 cm³/mol. The third kappa shape index (κ3) is 4.12. The molecular weight excluding hydrogens is 252 g/mol. The summed E-state index contributed by atoms with van der Waals surface area (Å²) in [4.78, 5) is 10.7. The molecule has 1 unspecified atom stereocenters.